The molecule has 2 N–H and O–H groups in total. The Kier molecular flexibility index (Phi) is 5.49. The van der Waals surface area contributed by atoms with Crippen LogP contribution < -0.4 is 10.5 Å². The van der Waals surface area contributed by atoms with Crippen molar-refractivity contribution in [2.45, 2.75) is 52.7 Å². The second-order valence-corrected chi connectivity index (χ2v) is 5.11. The van der Waals surface area contributed by atoms with Crippen LogP contribution in [-0.2, 0) is 0 Å². The van der Waals surface area contributed by atoms with Crippen LogP contribution in [-0.4, -0.2) is 6.10 Å². The van der Waals surface area contributed by atoms with Crippen molar-refractivity contribution in [2.75, 3.05) is 0 Å². The predicted molar refractivity (Wildman–Crippen MR) is 73.2 cm³/mol. The summed E-state index contributed by atoms with van der Waals surface area (Å²) in [4.78, 5) is 0. The second-order valence-electron chi connectivity index (χ2n) is 5.11. The quantitative estimate of drug-likeness (QED) is 0.811. The maximum atomic E-state index is 6.09. The highest BCUT2D eigenvalue weighted by Gasteiger charge is 2.13. The Morgan fingerprint density at radius 3 is 2.41 bits per heavy atom. The van der Waals surface area contributed by atoms with Gasteiger partial charge in [0.05, 0.1) is 6.10 Å². The number of hydrogen-bond donors (Lipinski definition) is 1. The zero-order valence-electron chi connectivity index (χ0n) is 11.4. The highest BCUT2D eigenvalue weighted by atomic mass is 16.5. The summed E-state index contributed by atoms with van der Waals surface area (Å²) < 4.78 is 6.00. The van der Waals surface area contributed by atoms with Crippen LogP contribution in [0.25, 0.3) is 0 Å². The molecule has 0 saturated carbocycles. The number of ether oxygens (including phenoxy) is 1. The average Bonchev–Trinajstić information content (AvgIpc) is 2.27. The van der Waals surface area contributed by atoms with Crippen molar-refractivity contribution in [1.82, 2.24) is 0 Å². The van der Waals surface area contributed by atoms with Gasteiger partial charge in [0.2, 0.25) is 0 Å². The molecule has 1 aromatic carbocycles. The van der Waals surface area contributed by atoms with Gasteiger partial charge in [0.1, 0.15) is 5.75 Å². The molecule has 2 heteroatoms. The fourth-order valence-corrected chi connectivity index (χ4v) is 2.04. The van der Waals surface area contributed by atoms with Crippen molar-refractivity contribution in [3.63, 3.8) is 0 Å². The van der Waals surface area contributed by atoms with E-state index >= 15 is 0 Å². The molecule has 0 aliphatic heterocycles. The van der Waals surface area contributed by atoms with Crippen LogP contribution in [0.2, 0.25) is 0 Å². The van der Waals surface area contributed by atoms with Crippen LogP contribution >= 0.6 is 0 Å². The molecule has 0 spiro atoms. The van der Waals surface area contributed by atoms with E-state index < -0.39 is 0 Å². The van der Waals surface area contributed by atoms with E-state index in [1.165, 1.54) is 0 Å². The van der Waals surface area contributed by atoms with E-state index in [-0.39, 0.29) is 12.1 Å². The van der Waals surface area contributed by atoms with Gasteiger partial charge in [0, 0.05) is 11.6 Å². The van der Waals surface area contributed by atoms with Gasteiger partial charge in [-0.25, -0.2) is 0 Å². The fraction of sp³-hybridized carbons (Fsp3) is 0.600. The minimum atomic E-state index is 0.0671. The van der Waals surface area contributed by atoms with E-state index in [4.69, 9.17) is 10.5 Å². The van der Waals surface area contributed by atoms with E-state index in [1.54, 1.807) is 0 Å². The smallest absolute Gasteiger partial charge is 0.124 e. The minimum absolute atomic E-state index is 0.0671. The summed E-state index contributed by atoms with van der Waals surface area (Å²) in [5.74, 6) is 1.59. The highest BCUT2D eigenvalue weighted by Crippen LogP contribution is 2.27. The largest absolute Gasteiger partial charge is 0.490 e. The number of hydrogen-bond acceptors (Lipinski definition) is 2. The summed E-state index contributed by atoms with van der Waals surface area (Å²) in [5, 5.41) is 0. The van der Waals surface area contributed by atoms with Crippen LogP contribution in [0.3, 0.4) is 0 Å². The molecule has 1 unspecified atom stereocenters. The molecule has 96 valence electrons. The molecule has 0 radical (unpaired) electrons. The van der Waals surface area contributed by atoms with Crippen molar-refractivity contribution in [3.05, 3.63) is 29.8 Å². The van der Waals surface area contributed by atoms with Gasteiger partial charge < -0.3 is 10.5 Å². The molecule has 2 atom stereocenters. The molecule has 0 heterocycles. The zero-order chi connectivity index (χ0) is 12.8. The van der Waals surface area contributed by atoms with Crippen molar-refractivity contribution in [2.24, 2.45) is 11.7 Å². The average molecular weight is 235 g/mol. The second kappa shape index (κ2) is 6.65. The molecule has 17 heavy (non-hydrogen) atoms. The Morgan fingerprint density at radius 1 is 1.18 bits per heavy atom. The maximum Gasteiger partial charge on any atom is 0.124 e. The topological polar surface area (TPSA) is 35.2 Å². The van der Waals surface area contributed by atoms with E-state index in [9.17, 15) is 0 Å². The molecule has 0 bridgehead atoms. The lowest BCUT2D eigenvalue weighted by molar-refractivity contribution is 0.190. The summed E-state index contributed by atoms with van der Waals surface area (Å²) in [6.45, 7) is 8.64. The Labute approximate surface area is 105 Å². The van der Waals surface area contributed by atoms with Gasteiger partial charge >= 0.3 is 0 Å². The lowest BCUT2D eigenvalue weighted by Gasteiger charge is -2.21. The normalized spacial score (nSPS) is 14.7. The van der Waals surface area contributed by atoms with Gasteiger partial charge in [-0.3, -0.25) is 0 Å². The van der Waals surface area contributed by atoms with Gasteiger partial charge in [-0.05, 0) is 31.7 Å². The molecular weight excluding hydrogens is 210 g/mol. The van der Waals surface area contributed by atoms with Crippen LogP contribution in [0.5, 0.6) is 5.75 Å². The van der Waals surface area contributed by atoms with E-state index in [0.717, 1.165) is 24.2 Å². The molecule has 0 aliphatic carbocycles. The van der Waals surface area contributed by atoms with Gasteiger partial charge in [-0.2, -0.15) is 0 Å². The number of rotatable bonds is 6. The first-order valence-corrected chi connectivity index (χ1v) is 6.55. The molecule has 0 saturated heterocycles. The molecule has 0 fully saturated rings. The highest BCUT2D eigenvalue weighted by molar-refractivity contribution is 5.35. The number of benzene rings is 1. The molecule has 2 nitrogen and oxygen atoms in total. The Bertz CT molecular complexity index is 335. The fourth-order valence-electron chi connectivity index (χ4n) is 2.04. The predicted octanol–water partition coefficient (Wildman–Crippen LogP) is 3.91. The minimum Gasteiger partial charge on any atom is -0.490 e. The molecule has 0 aromatic heterocycles. The third-order valence-electron chi connectivity index (χ3n) is 2.89. The molecule has 1 rings (SSSR count). The first kappa shape index (κ1) is 14.0. The summed E-state index contributed by atoms with van der Waals surface area (Å²) in [5.41, 5.74) is 7.21. The third kappa shape index (κ3) is 4.39. The number of para-hydroxylation sites is 1. The molecule has 1 aromatic rings. The van der Waals surface area contributed by atoms with Crippen LogP contribution in [0.15, 0.2) is 24.3 Å². The van der Waals surface area contributed by atoms with Crippen LogP contribution in [0.4, 0.5) is 0 Å². The Morgan fingerprint density at radius 2 is 1.82 bits per heavy atom. The number of nitrogens with two attached hydrogens (primary N) is 1. The zero-order valence-corrected chi connectivity index (χ0v) is 11.4. The van der Waals surface area contributed by atoms with Crippen LogP contribution in [0.1, 0.15) is 52.1 Å². The molecule has 0 aliphatic rings. The molecule has 0 amide bonds. The summed E-state index contributed by atoms with van der Waals surface area (Å²) >= 11 is 0. The lowest BCUT2D eigenvalue weighted by Crippen LogP contribution is -2.17. The maximum absolute atomic E-state index is 6.09. The molecular formula is C15H25NO. The summed E-state index contributed by atoms with van der Waals surface area (Å²) in [6.07, 6.45) is 2.23. The van der Waals surface area contributed by atoms with Gasteiger partial charge in [-0.1, -0.05) is 39.0 Å². The van der Waals surface area contributed by atoms with Gasteiger partial charge in [0.25, 0.3) is 0 Å². The van der Waals surface area contributed by atoms with E-state index in [1.807, 2.05) is 18.2 Å². The summed E-state index contributed by atoms with van der Waals surface area (Å²) in [7, 11) is 0. The van der Waals surface area contributed by atoms with Crippen LogP contribution in [0, 0.1) is 5.92 Å². The van der Waals surface area contributed by atoms with Crippen molar-refractivity contribution in [3.8, 4) is 5.75 Å². The monoisotopic (exact) mass is 235 g/mol. The van der Waals surface area contributed by atoms with Gasteiger partial charge in [0.15, 0.2) is 0 Å². The standard InChI is InChI=1S/C15H25NO/c1-5-14(16)13-8-6-7-9-15(13)17-12(4)10-11(2)3/h6-9,11-12,14H,5,10,16H2,1-4H3/t12?,14-/m1/s1. The van der Waals surface area contributed by atoms with Gasteiger partial charge in [-0.15, -0.1) is 0 Å². The first-order chi connectivity index (χ1) is 8.04. The SMILES string of the molecule is CC[C@@H](N)c1ccccc1OC(C)CC(C)C. The first-order valence-electron chi connectivity index (χ1n) is 6.55. The van der Waals surface area contributed by atoms with E-state index in [2.05, 4.69) is 33.8 Å². The Balaban J connectivity index is 2.76. The van der Waals surface area contributed by atoms with Crippen molar-refractivity contribution < 1.29 is 4.74 Å². The van der Waals surface area contributed by atoms with E-state index in [0.29, 0.717) is 5.92 Å². The Hall–Kier alpha value is -1.02. The summed E-state index contributed by atoms with van der Waals surface area (Å²) in [6, 6.07) is 8.17. The lowest BCUT2D eigenvalue weighted by atomic mass is 10.0. The van der Waals surface area contributed by atoms with Crippen molar-refractivity contribution >= 4 is 0 Å². The van der Waals surface area contributed by atoms with Crippen molar-refractivity contribution in [1.29, 1.82) is 0 Å². The third-order valence-corrected chi connectivity index (χ3v) is 2.89.